The highest BCUT2D eigenvalue weighted by molar-refractivity contribution is 5.53. The first-order chi connectivity index (χ1) is 10.3. The summed E-state index contributed by atoms with van der Waals surface area (Å²) in [4.78, 5) is 4.50. The van der Waals surface area contributed by atoms with E-state index in [0.717, 1.165) is 31.9 Å². The highest BCUT2D eigenvalue weighted by atomic mass is 19.1. The Hall–Kier alpha value is -2.07. The minimum absolute atomic E-state index is 0.130. The van der Waals surface area contributed by atoms with Gasteiger partial charge in [0.15, 0.2) is 0 Å². The number of piperazine rings is 1. The van der Waals surface area contributed by atoms with E-state index >= 15 is 0 Å². The van der Waals surface area contributed by atoms with E-state index in [1.165, 1.54) is 17.8 Å². The van der Waals surface area contributed by atoms with Crippen LogP contribution in [0.4, 0.5) is 15.8 Å². The third-order valence-corrected chi connectivity index (χ3v) is 3.89. The van der Waals surface area contributed by atoms with Crippen molar-refractivity contribution in [3.05, 3.63) is 59.9 Å². The van der Waals surface area contributed by atoms with Gasteiger partial charge in [-0.2, -0.15) is 0 Å². The van der Waals surface area contributed by atoms with Gasteiger partial charge in [0.1, 0.15) is 5.82 Å². The van der Waals surface area contributed by atoms with Gasteiger partial charge in [-0.05, 0) is 35.9 Å². The SMILES string of the molecule is OCc1cc(F)cc(N2CCN(c3ccccc3)CC2)c1. The average Bonchev–Trinajstić information content (AvgIpc) is 2.55. The molecule has 3 nitrogen and oxygen atoms in total. The van der Waals surface area contributed by atoms with Gasteiger partial charge in [0.05, 0.1) is 6.61 Å². The van der Waals surface area contributed by atoms with Crippen LogP contribution >= 0.6 is 0 Å². The van der Waals surface area contributed by atoms with E-state index in [0.29, 0.717) is 5.56 Å². The maximum Gasteiger partial charge on any atom is 0.125 e. The molecule has 110 valence electrons. The van der Waals surface area contributed by atoms with Crippen molar-refractivity contribution in [2.45, 2.75) is 6.61 Å². The fourth-order valence-corrected chi connectivity index (χ4v) is 2.77. The number of hydrogen-bond donors (Lipinski definition) is 1. The van der Waals surface area contributed by atoms with Crippen LogP contribution < -0.4 is 9.80 Å². The maximum absolute atomic E-state index is 13.6. The first-order valence-corrected chi connectivity index (χ1v) is 7.21. The van der Waals surface area contributed by atoms with Crippen LogP contribution in [0.2, 0.25) is 0 Å². The van der Waals surface area contributed by atoms with Crippen LogP contribution in [-0.2, 0) is 6.61 Å². The van der Waals surface area contributed by atoms with E-state index in [1.54, 1.807) is 0 Å². The van der Waals surface area contributed by atoms with Gasteiger partial charge in [-0.25, -0.2) is 4.39 Å². The number of anilines is 2. The molecule has 0 amide bonds. The molecule has 0 bridgehead atoms. The molecule has 1 saturated heterocycles. The third-order valence-electron chi connectivity index (χ3n) is 3.89. The van der Waals surface area contributed by atoms with Gasteiger partial charge in [0.25, 0.3) is 0 Å². The van der Waals surface area contributed by atoms with Crippen LogP contribution in [0.1, 0.15) is 5.56 Å². The Kier molecular flexibility index (Phi) is 4.06. The third kappa shape index (κ3) is 3.16. The highest BCUT2D eigenvalue weighted by Crippen LogP contribution is 2.22. The Morgan fingerprint density at radius 2 is 1.48 bits per heavy atom. The van der Waals surface area contributed by atoms with E-state index in [4.69, 9.17) is 0 Å². The summed E-state index contributed by atoms with van der Waals surface area (Å²) in [5, 5.41) is 9.18. The molecule has 0 aromatic heterocycles. The molecule has 0 spiro atoms. The molecule has 0 radical (unpaired) electrons. The molecule has 4 heteroatoms. The number of nitrogens with zero attached hydrogens (tertiary/aromatic N) is 2. The number of rotatable bonds is 3. The molecule has 3 rings (SSSR count). The monoisotopic (exact) mass is 286 g/mol. The summed E-state index contributed by atoms with van der Waals surface area (Å²) >= 11 is 0. The van der Waals surface area contributed by atoms with Crippen molar-refractivity contribution in [3.63, 3.8) is 0 Å². The molecule has 1 fully saturated rings. The zero-order chi connectivity index (χ0) is 14.7. The standard InChI is InChI=1S/C17H19FN2O/c18-15-10-14(13-21)11-17(12-15)20-8-6-19(7-9-20)16-4-2-1-3-5-16/h1-5,10-12,21H,6-9,13H2. The van der Waals surface area contributed by atoms with Gasteiger partial charge >= 0.3 is 0 Å². The zero-order valence-corrected chi connectivity index (χ0v) is 11.9. The van der Waals surface area contributed by atoms with Crippen molar-refractivity contribution in [3.8, 4) is 0 Å². The average molecular weight is 286 g/mol. The van der Waals surface area contributed by atoms with Crippen LogP contribution in [0.3, 0.4) is 0 Å². The van der Waals surface area contributed by atoms with Crippen molar-refractivity contribution < 1.29 is 9.50 Å². The van der Waals surface area contributed by atoms with Crippen LogP contribution in [-0.4, -0.2) is 31.3 Å². The number of para-hydroxylation sites is 1. The number of benzene rings is 2. The minimum atomic E-state index is -0.290. The van der Waals surface area contributed by atoms with E-state index in [2.05, 4.69) is 21.9 Å². The summed E-state index contributed by atoms with van der Waals surface area (Å²) in [6, 6.07) is 15.1. The zero-order valence-electron chi connectivity index (χ0n) is 11.9. The lowest BCUT2D eigenvalue weighted by Crippen LogP contribution is -2.46. The fourth-order valence-electron chi connectivity index (χ4n) is 2.77. The molecular weight excluding hydrogens is 267 g/mol. The Balaban J connectivity index is 1.70. The molecule has 1 aliphatic rings. The maximum atomic E-state index is 13.6. The Bertz CT molecular complexity index is 595. The summed E-state index contributed by atoms with van der Waals surface area (Å²) in [7, 11) is 0. The van der Waals surface area contributed by atoms with Gasteiger partial charge in [0, 0.05) is 37.6 Å². The molecule has 1 heterocycles. The topological polar surface area (TPSA) is 26.7 Å². The summed E-state index contributed by atoms with van der Waals surface area (Å²) in [6.07, 6.45) is 0. The van der Waals surface area contributed by atoms with E-state index < -0.39 is 0 Å². The van der Waals surface area contributed by atoms with Crippen LogP contribution in [0, 0.1) is 5.82 Å². The van der Waals surface area contributed by atoms with Crippen LogP contribution in [0.5, 0.6) is 0 Å². The number of aliphatic hydroxyl groups excluding tert-OH is 1. The molecule has 0 atom stereocenters. The van der Waals surface area contributed by atoms with Gasteiger partial charge in [-0.15, -0.1) is 0 Å². The number of halogens is 1. The molecular formula is C17H19FN2O. The summed E-state index contributed by atoms with van der Waals surface area (Å²) in [6.45, 7) is 3.39. The summed E-state index contributed by atoms with van der Waals surface area (Å²) < 4.78 is 13.6. The Morgan fingerprint density at radius 3 is 2.10 bits per heavy atom. The second-order valence-electron chi connectivity index (χ2n) is 5.29. The first-order valence-electron chi connectivity index (χ1n) is 7.21. The van der Waals surface area contributed by atoms with E-state index in [-0.39, 0.29) is 12.4 Å². The lowest BCUT2D eigenvalue weighted by atomic mass is 10.1. The van der Waals surface area contributed by atoms with Crippen LogP contribution in [0.15, 0.2) is 48.5 Å². The van der Waals surface area contributed by atoms with Crippen molar-refractivity contribution in [1.29, 1.82) is 0 Å². The van der Waals surface area contributed by atoms with E-state index in [9.17, 15) is 9.50 Å². The largest absolute Gasteiger partial charge is 0.392 e. The quantitative estimate of drug-likeness (QED) is 0.939. The number of hydrogen-bond acceptors (Lipinski definition) is 3. The van der Waals surface area contributed by atoms with Gasteiger partial charge in [-0.3, -0.25) is 0 Å². The van der Waals surface area contributed by atoms with Gasteiger partial charge < -0.3 is 14.9 Å². The molecule has 0 unspecified atom stereocenters. The second kappa shape index (κ2) is 6.14. The minimum Gasteiger partial charge on any atom is -0.392 e. The number of aliphatic hydroxyl groups is 1. The van der Waals surface area contributed by atoms with Crippen molar-refractivity contribution in [2.75, 3.05) is 36.0 Å². The van der Waals surface area contributed by atoms with Crippen molar-refractivity contribution in [1.82, 2.24) is 0 Å². The van der Waals surface area contributed by atoms with Crippen molar-refractivity contribution >= 4 is 11.4 Å². The molecule has 21 heavy (non-hydrogen) atoms. The summed E-state index contributed by atoms with van der Waals surface area (Å²) in [5.74, 6) is -0.290. The lowest BCUT2D eigenvalue weighted by molar-refractivity contribution is 0.281. The van der Waals surface area contributed by atoms with Crippen LogP contribution in [0.25, 0.3) is 0 Å². The predicted octanol–water partition coefficient (Wildman–Crippen LogP) is 2.64. The first kappa shape index (κ1) is 13.9. The summed E-state index contributed by atoms with van der Waals surface area (Å²) in [5.41, 5.74) is 2.70. The molecule has 1 aliphatic heterocycles. The second-order valence-corrected chi connectivity index (χ2v) is 5.29. The predicted molar refractivity (Wildman–Crippen MR) is 83.2 cm³/mol. The highest BCUT2D eigenvalue weighted by Gasteiger charge is 2.18. The Morgan fingerprint density at radius 1 is 0.857 bits per heavy atom. The normalized spacial score (nSPS) is 15.3. The van der Waals surface area contributed by atoms with E-state index in [1.807, 2.05) is 24.3 Å². The molecule has 2 aromatic carbocycles. The lowest BCUT2D eigenvalue weighted by Gasteiger charge is -2.37. The van der Waals surface area contributed by atoms with Crippen molar-refractivity contribution in [2.24, 2.45) is 0 Å². The fraction of sp³-hybridized carbons (Fsp3) is 0.294. The molecule has 1 N–H and O–H groups in total. The van der Waals surface area contributed by atoms with Gasteiger partial charge in [0.2, 0.25) is 0 Å². The molecule has 0 saturated carbocycles. The molecule has 2 aromatic rings. The Labute approximate surface area is 124 Å². The molecule has 0 aliphatic carbocycles. The van der Waals surface area contributed by atoms with Gasteiger partial charge in [-0.1, -0.05) is 18.2 Å². The smallest absolute Gasteiger partial charge is 0.125 e.